The zero-order valence-corrected chi connectivity index (χ0v) is 16.6. The van der Waals surface area contributed by atoms with E-state index in [1.165, 1.54) is 35.6 Å². The number of hydrogen-bond acceptors (Lipinski definition) is 8. The van der Waals surface area contributed by atoms with Crippen LogP contribution in [-0.2, 0) is 10.4 Å². The van der Waals surface area contributed by atoms with E-state index in [9.17, 15) is 13.2 Å². The van der Waals surface area contributed by atoms with Crippen LogP contribution in [0, 0.1) is 6.92 Å². The molecule has 3 aromatic rings. The van der Waals surface area contributed by atoms with Crippen LogP contribution in [-0.4, -0.2) is 27.4 Å². The van der Waals surface area contributed by atoms with Crippen molar-refractivity contribution in [3.63, 3.8) is 0 Å². The highest BCUT2D eigenvalue weighted by Gasteiger charge is 2.38. The summed E-state index contributed by atoms with van der Waals surface area (Å²) in [7, 11) is 0. The van der Waals surface area contributed by atoms with Gasteiger partial charge in [-0.1, -0.05) is 28.6 Å². The Bertz CT molecular complexity index is 1070. The molecule has 0 bridgehead atoms. The van der Waals surface area contributed by atoms with Crippen molar-refractivity contribution in [2.45, 2.75) is 32.2 Å². The summed E-state index contributed by atoms with van der Waals surface area (Å²) in [5, 5.41) is 13.5. The highest BCUT2D eigenvalue weighted by atomic mass is 32.1. The standard InChI is InChI=1S/C19H15F3N4O3S/c1-11-24-25-17(30-11)15-8-7-14(10-23-15)27-16-9-18(2,29-26-16)12-3-5-13(6-4-12)28-19(20,21)22/h3-8,10H,9H2,1-2H3/t18-/m1/s1. The molecule has 0 spiro atoms. The molecule has 1 aliphatic rings. The predicted molar refractivity (Wildman–Crippen MR) is 102 cm³/mol. The summed E-state index contributed by atoms with van der Waals surface area (Å²) < 4.78 is 46.5. The van der Waals surface area contributed by atoms with Crippen molar-refractivity contribution in [1.82, 2.24) is 15.2 Å². The van der Waals surface area contributed by atoms with E-state index in [2.05, 4.69) is 25.1 Å². The number of benzene rings is 1. The van der Waals surface area contributed by atoms with Crippen molar-refractivity contribution >= 4 is 17.2 Å². The van der Waals surface area contributed by atoms with E-state index in [1.807, 2.05) is 6.92 Å². The summed E-state index contributed by atoms with van der Waals surface area (Å²) in [6.45, 7) is 3.64. The summed E-state index contributed by atoms with van der Waals surface area (Å²) in [4.78, 5) is 9.83. The van der Waals surface area contributed by atoms with E-state index in [0.29, 0.717) is 34.3 Å². The first-order valence-corrected chi connectivity index (χ1v) is 9.58. The number of hydrogen-bond donors (Lipinski definition) is 0. The van der Waals surface area contributed by atoms with Gasteiger partial charge in [-0.15, -0.1) is 23.4 Å². The first-order valence-electron chi connectivity index (χ1n) is 8.76. The quantitative estimate of drug-likeness (QED) is 0.583. The minimum Gasteiger partial charge on any atom is -0.438 e. The minimum atomic E-state index is -4.74. The van der Waals surface area contributed by atoms with Crippen LogP contribution in [0.3, 0.4) is 0 Å². The van der Waals surface area contributed by atoms with Crippen LogP contribution in [0.5, 0.6) is 11.5 Å². The zero-order valence-electron chi connectivity index (χ0n) is 15.8. The zero-order chi connectivity index (χ0) is 21.4. The molecule has 1 aromatic carbocycles. The van der Waals surface area contributed by atoms with Crippen LogP contribution < -0.4 is 9.47 Å². The maximum absolute atomic E-state index is 12.3. The molecule has 4 rings (SSSR count). The van der Waals surface area contributed by atoms with Gasteiger partial charge in [-0.05, 0) is 43.7 Å². The second-order valence-corrected chi connectivity index (χ2v) is 7.85. The number of ether oxygens (including phenoxy) is 2. The molecule has 0 fully saturated rings. The maximum atomic E-state index is 12.3. The SMILES string of the molecule is Cc1nnc(-c2ccc(OC3=NO[C@@](C)(c4ccc(OC(F)(F)F)cc4)C3)cn2)s1. The normalized spacial score (nSPS) is 18.6. The molecular formula is C19H15F3N4O3S. The van der Waals surface area contributed by atoms with Crippen LogP contribution in [0.4, 0.5) is 13.2 Å². The molecule has 156 valence electrons. The number of aryl methyl sites for hydroxylation is 1. The topological polar surface area (TPSA) is 78.7 Å². The van der Waals surface area contributed by atoms with Crippen LogP contribution in [0.1, 0.15) is 23.9 Å². The van der Waals surface area contributed by atoms with Gasteiger partial charge in [0.05, 0.1) is 12.6 Å². The molecule has 30 heavy (non-hydrogen) atoms. The van der Waals surface area contributed by atoms with E-state index < -0.39 is 12.0 Å². The van der Waals surface area contributed by atoms with Crippen molar-refractivity contribution in [3.8, 4) is 22.2 Å². The maximum Gasteiger partial charge on any atom is 0.573 e. The molecule has 7 nitrogen and oxygen atoms in total. The van der Waals surface area contributed by atoms with Crippen LogP contribution in [0.2, 0.25) is 0 Å². The number of aromatic nitrogens is 3. The first kappa shape index (κ1) is 20.1. The minimum absolute atomic E-state index is 0.295. The van der Waals surface area contributed by atoms with E-state index in [0.717, 1.165) is 5.01 Å². The summed E-state index contributed by atoms with van der Waals surface area (Å²) in [6.07, 6.45) is -2.89. The van der Waals surface area contributed by atoms with Gasteiger partial charge in [-0.25, -0.2) is 4.98 Å². The van der Waals surface area contributed by atoms with Gasteiger partial charge in [-0.2, -0.15) is 0 Å². The molecular weight excluding hydrogens is 421 g/mol. The monoisotopic (exact) mass is 436 g/mol. The first-order chi connectivity index (χ1) is 14.2. The number of pyridine rings is 1. The highest BCUT2D eigenvalue weighted by molar-refractivity contribution is 7.14. The van der Waals surface area contributed by atoms with Gasteiger partial charge in [0.25, 0.3) is 0 Å². The predicted octanol–water partition coefficient (Wildman–Crippen LogP) is 4.84. The second kappa shape index (κ2) is 7.56. The van der Waals surface area contributed by atoms with Crippen molar-refractivity contribution in [3.05, 3.63) is 53.2 Å². The summed E-state index contributed by atoms with van der Waals surface area (Å²) in [5.41, 5.74) is 0.451. The molecule has 0 amide bonds. The van der Waals surface area contributed by atoms with Gasteiger partial charge in [0, 0.05) is 0 Å². The second-order valence-electron chi connectivity index (χ2n) is 6.66. The third-order valence-corrected chi connectivity index (χ3v) is 5.11. The number of oxime groups is 1. The smallest absolute Gasteiger partial charge is 0.438 e. The Morgan fingerprint density at radius 3 is 2.40 bits per heavy atom. The van der Waals surface area contributed by atoms with Crippen molar-refractivity contribution in [1.29, 1.82) is 0 Å². The van der Waals surface area contributed by atoms with Gasteiger partial charge < -0.3 is 14.3 Å². The molecule has 0 aliphatic carbocycles. The van der Waals surface area contributed by atoms with E-state index in [1.54, 1.807) is 25.3 Å². The Kier molecular flexibility index (Phi) is 5.06. The molecule has 0 saturated heterocycles. The van der Waals surface area contributed by atoms with Crippen LogP contribution in [0.15, 0.2) is 47.8 Å². The van der Waals surface area contributed by atoms with Crippen LogP contribution in [0.25, 0.3) is 10.7 Å². The average molecular weight is 436 g/mol. The fourth-order valence-electron chi connectivity index (χ4n) is 2.83. The Morgan fingerprint density at radius 2 is 1.80 bits per heavy atom. The third kappa shape index (κ3) is 4.51. The lowest BCUT2D eigenvalue weighted by Gasteiger charge is -2.21. The number of alkyl halides is 3. The fourth-order valence-corrected chi connectivity index (χ4v) is 3.50. The van der Waals surface area contributed by atoms with E-state index in [4.69, 9.17) is 9.57 Å². The van der Waals surface area contributed by atoms with E-state index >= 15 is 0 Å². The van der Waals surface area contributed by atoms with Crippen LogP contribution >= 0.6 is 11.3 Å². The molecule has 2 aromatic heterocycles. The molecule has 1 aliphatic heterocycles. The van der Waals surface area contributed by atoms with Gasteiger partial charge in [-0.3, -0.25) is 0 Å². The van der Waals surface area contributed by atoms with Gasteiger partial charge in [0.15, 0.2) is 10.6 Å². The average Bonchev–Trinajstić information content (AvgIpc) is 3.28. The summed E-state index contributed by atoms with van der Waals surface area (Å²) >= 11 is 1.44. The highest BCUT2D eigenvalue weighted by Crippen LogP contribution is 2.36. The molecule has 0 radical (unpaired) electrons. The Labute approximate surface area is 173 Å². The molecule has 1 atom stereocenters. The fraction of sp³-hybridized carbons (Fsp3) is 0.263. The third-order valence-electron chi connectivity index (χ3n) is 4.25. The Morgan fingerprint density at radius 1 is 1.07 bits per heavy atom. The molecule has 0 saturated carbocycles. The van der Waals surface area contributed by atoms with Gasteiger partial charge >= 0.3 is 6.36 Å². The van der Waals surface area contributed by atoms with Gasteiger partial charge in [0.1, 0.15) is 22.2 Å². The summed E-state index contributed by atoms with van der Waals surface area (Å²) in [5.74, 6) is 0.497. The molecule has 3 heterocycles. The Balaban J connectivity index is 1.40. The van der Waals surface area contributed by atoms with Gasteiger partial charge in [0.2, 0.25) is 5.90 Å². The molecule has 11 heteroatoms. The lowest BCUT2D eigenvalue weighted by atomic mass is 9.93. The number of halogens is 3. The van der Waals surface area contributed by atoms with E-state index in [-0.39, 0.29) is 5.75 Å². The number of nitrogens with zero attached hydrogens (tertiary/aromatic N) is 4. The molecule has 0 unspecified atom stereocenters. The van der Waals surface area contributed by atoms with Crippen molar-refractivity contribution in [2.75, 3.05) is 0 Å². The lowest BCUT2D eigenvalue weighted by Crippen LogP contribution is -2.23. The van der Waals surface area contributed by atoms with Crippen molar-refractivity contribution < 1.29 is 27.5 Å². The lowest BCUT2D eigenvalue weighted by molar-refractivity contribution is -0.274. The van der Waals surface area contributed by atoms with Crippen molar-refractivity contribution in [2.24, 2.45) is 5.16 Å². The number of rotatable bonds is 4. The Hall–Kier alpha value is -3.21. The molecule has 0 N–H and O–H groups in total. The largest absolute Gasteiger partial charge is 0.573 e. The summed E-state index contributed by atoms with van der Waals surface area (Å²) in [6, 6.07) is 8.97.